The molecule has 0 aliphatic heterocycles. The van der Waals surface area contributed by atoms with Crippen LogP contribution in [0.3, 0.4) is 0 Å². The Bertz CT molecular complexity index is 261. The van der Waals surface area contributed by atoms with Gasteiger partial charge in [-0.25, -0.2) is 0 Å². The van der Waals surface area contributed by atoms with Gasteiger partial charge in [-0.15, -0.1) is 0 Å². The molecule has 0 aromatic heterocycles. The second-order valence-electron chi connectivity index (χ2n) is 4.84. The van der Waals surface area contributed by atoms with Gasteiger partial charge in [0.05, 0.1) is 0 Å². The minimum atomic E-state index is -6.21. The third-order valence-corrected chi connectivity index (χ3v) is 3.34. The summed E-state index contributed by atoms with van der Waals surface area (Å²) in [5.74, 6) is -11.7. The lowest BCUT2D eigenvalue weighted by Crippen LogP contribution is -2.52. The van der Waals surface area contributed by atoms with Crippen molar-refractivity contribution in [2.24, 2.45) is 5.92 Å². The molecule has 0 nitrogen and oxygen atoms in total. The molecule has 1 aliphatic rings. The summed E-state index contributed by atoms with van der Waals surface area (Å²) in [6, 6.07) is 0. The fourth-order valence-corrected chi connectivity index (χ4v) is 2.27. The van der Waals surface area contributed by atoms with Crippen LogP contribution in [0.15, 0.2) is 0 Å². The molecule has 18 heavy (non-hydrogen) atoms. The Morgan fingerprint density at radius 2 is 1.17 bits per heavy atom. The van der Waals surface area contributed by atoms with Crippen LogP contribution in [-0.2, 0) is 0 Å². The second-order valence-corrected chi connectivity index (χ2v) is 4.84. The molecule has 0 atom stereocenters. The lowest BCUT2D eigenvalue weighted by molar-refractivity contribution is -0.357. The molecule has 1 rings (SSSR count). The Hall–Kier alpha value is -0.490. The van der Waals surface area contributed by atoms with E-state index in [2.05, 4.69) is 0 Å². The molecule has 1 saturated carbocycles. The maximum atomic E-state index is 13.1. The summed E-state index contributed by atoms with van der Waals surface area (Å²) in [7, 11) is 0. The topological polar surface area (TPSA) is 0 Å². The molecule has 0 unspecified atom stereocenters. The average molecular weight is 280 g/mol. The van der Waals surface area contributed by atoms with Crippen molar-refractivity contribution in [2.75, 3.05) is 0 Å². The van der Waals surface area contributed by atoms with Gasteiger partial charge in [0.1, 0.15) is 0 Å². The van der Waals surface area contributed by atoms with Crippen molar-refractivity contribution in [1.82, 2.24) is 0 Å². The van der Waals surface area contributed by atoms with E-state index in [0.717, 1.165) is 12.8 Å². The van der Waals surface area contributed by atoms with Crippen molar-refractivity contribution in [2.45, 2.75) is 63.0 Å². The quantitative estimate of drug-likeness (QED) is 0.493. The highest BCUT2D eigenvalue weighted by atomic mass is 19.4. The predicted molar refractivity (Wildman–Crippen MR) is 51.8 cm³/mol. The molecule has 108 valence electrons. The van der Waals surface area contributed by atoms with E-state index < -0.39 is 30.4 Å². The first-order chi connectivity index (χ1) is 8.08. The summed E-state index contributed by atoms with van der Waals surface area (Å²) >= 11 is 0. The number of rotatable bonds is 3. The molecule has 7 heteroatoms. The Labute approximate surface area is 101 Å². The van der Waals surface area contributed by atoms with Crippen LogP contribution in [0, 0.1) is 5.92 Å². The van der Waals surface area contributed by atoms with Gasteiger partial charge in [0.15, 0.2) is 0 Å². The van der Waals surface area contributed by atoms with E-state index in [1.807, 2.05) is 0 Å². The zero-order valence-electron chi connectivity index (χ0n) is 9.67. The van der Waals surface area contributed by atoms with E-state index in [1.165, 1.54) is 0 Å². The first-order valence-corrected chi connectivity index (χ1v) is 5.90. The first-order valence-electron chi connectivity index (χ1n) is 5.90. The lowest BCUT2D eigenvalue weighted by Gasteiger charge is -2.30. The minimum Gasteiger partial charge on any atom is -0.199 e. The van der Waals surface area contributed by atoms with Gasteiger partial charge in [0.2, 0.25) is 0 Å². The summed E-state index contributed by atoms with van der Waals surface area (Å²) < 4.78 is 87.5. The molecule has 1 fully saturated rings. The number of halogens is 7. The molecule has 0 N–H and O–H groups in total. The molecular formula is C11H15F7. The van der Waals surface area contributed by atoms with Crippen LogP contribution in [0.2, 0.25) is 0 Å². The fraction of sp³-hybridized carbons (Fsp3) is 1.00. The summed E-state index contributed by atoms with van der Waals surface area (Å²) in [6.07, 6.45) is -4.15. The van der Waals surface area contributed by atoms with E-state index in [9.17, 15) is 30.7 Å². The van der Waals surface area contributed by atoms with Crippen LogP contribution in [0.1, 0.15) is 44.9 Å². The van der Waals surface area contributed by atoms with E-state index in [1.54, 1.807) is 0 Å². The highest BCUT2D eigenvalue weighted by molar-refractivity contribution is 4.92. The Morgan fingerprint density at radius 1 is 0.722 bits per heavy atom. The Morgan fingerprint density at radius 3 is 1.56 bits per heavy atom. The second kappa shape index (κ2) is 5.25. The van der Waals surface area contributed by atoms with Crippen molar-refractivity contribution in [3.63, 3.8) is 0 Å². The molecule has 0 spiro atoms. The number of hydrogen-bond acceptors (Lipinski definition) is 0. The normalized spacial score (nSPS) is 20.8. The molecule has 0 bridgehead atoms. The van der Waals surface area contributed by atoms with Gasteiger partial charge < -0.3 is 0 Å². The van der Waals surface area contributed by atoms with Gasteiger partial charge in [-0.05, 0) is 5.92 Å². The molecule has 0 aromatic carbocycles. The smallest absolute Gasteiger partial charge is 0.199 e. The van der Waals surface area contributed by atoms with Crippen LogP contribution in [0.5, 0.6) is 0 Å². The molecule has 0 amide bonds. The number of hydrogen-bond donors (Lipinski definition) is 0. The van der Waals surface area contributed by atoms with Gasteiger partial charge >= 0.3 is 18.0 Å². The summed E-state index contributed by atoms with van der Waals surface area (Å²) in [4.78, 5) is 0. The van der Waals surface area contributed by atoms with E-state index in [0.29, 0.717) is 25.7 Å². The standard InChI is InChI=1S/C11H15F7/c12-9(13,10(14,15)11(16,17)18)7-8-5-3-1-2-4-6-8/h8H,1-7H2. The number of alkyl halides is 7. The summed E-state index contributed by atoms with van der Waals surface area (Å²) in [6.45, 7) is 0. The van der Waals surface area contributed by atoms with Crippen LogP contribution >= 0.6 is 0 Å². The zero-order chi connectivity index (χ0) is 14.0. The minimum absolute atomic E-state index is 0.295. The molecule has 0 heterocycles. The van der Waals surface area contributed by atoms with Crippen LogP contribution < -0.4 is 0 Å². The van der Waals surface area contributed by atoms with Gasteiger partial charge in [0, 0.05) is 6.42 Å². The third-order valence-electron chi connectivity index (χ3n) is 3.34. The van der Waals surface area contributed by atoms with E-state index >= 15 is 0 Å². The average Bonchev–Trinajstić information content (AvgIpc) is 2.43. The van der Waals surface area contributed by atoms with Gasteiger partial charge in [0.25, 0.3) is 0 Å². The van der Waals surface area contributed by atoms with Crippen molar-refractivity contribution in [1.29, 1.82) is 0 Å². The monoisotopic (exact) mass is 280 g/mol. The van der Waals surface area contributed by atoms with Crippen molar-refractivity contribution in [3.05, 3.63) is 0 Å². The van der Waals surface area contributed by atoms with Crippen LogP contribution in [-0.4, -0.2) is 18.0 Å². The Kier molecular flexibility index (Phi) is 4.54. The van der Waals surface area contributed by atoms with Gasteiger partial charge in [-0.2, -0.15) is 30.7 Å². The van der Waals surface area contributed by atoms with Crippen LogP contribution in [0.4, 0.5) is 30.7 Å². The molecule has 0 radical (unpaired) electrons. The van der Waals surface area contributed by atoms with Crippen LogP contribution in [0.25, 0.3) is 0 Å². The van der Waals surface area contributed by atoms with Crippen molar-refractivity contribution < 1.29 is 30.7 Å². The van der Waals surface area contributed by atoms with E-state index in [-0.39, 0.29) is 0 Å². The maximum Gasteiger partial charge on any atom is 0.459 e. The van der Waals surface area contributed by atoms with Crippen molar-refractivity contribution >= 4 is 0 Å². The molecular weight excluding hydrogens is 265 g/mol. The summed E-state index contributed by atoms with van der Waals surface area (Å²) in [5.41, 5.74) is 0. The highest BCUT2D eigenvalue weighted by Crippen LogP contribution is 2.50. The van der Waals surface area contributed by atoms with Gasteiger partial charge in [-0.3, -0.25) is 0 Å². The Balaban J connectivity index is 2.73. The molecule has 0 saturated heterocycles. The zero-order valence-corrected chi connectivity index (χ0v) is 9.67. The predicted octanol–water partition coefficient (Wildman–Crippen LogP) is 5.18. The maximum absolute atomic E-state index is 13.1. The highest BCUT2D eigenvalue weighted by Gasteiger charge is 2.72. The third kappa shape index (κ3) is 3.29. The lowest BCUT2D eigenvalue weighted by atomic mass is 9.90. The van der Waals surface area contributed by atoms with E-state index in [4.69, 9.17) is 0 Å². The molecule has 1 aliphatic carbocycles. The fourth-order valence-electron chi connectivity index (χ4n) is 2.27. The molecule has 0 aromatic rings. The van der Waals surface area contributed by atoms with Gasteiger partial charge in [-0.1, -0.05) is 38.5 Å². The summed E-state index contributed by atoms with van der Waals surface area (Å²) in [5, 5.41) is 0. The van der Waals surface area contributed by atoms with Crippen molar-refractivity contribution in [3.8, 4) is 0 Å². The SMILES string of the molecule is FC(F)(F)C(F)(F)C(F)(F)CC1CCCCCC1. The first kappa shape index (κ1) is 15.6. The largest absolute Gasteiger partial charge is 0.459 e.